The Balaban J connectivity index is 1.71. The smallest absolute Gasteiger partial charge is 0.0797 e. The third-order valence-electron chi connectivity index (χ3n) is 3.81. The summed E-state index contributed by atoms with van der Waals surface area (Å²) in [6, 6.07) is 0.608. The number of aryl methyl sites for hydroxylation is 1. The van der Waals surface area contributed by atoms with Crippen molar-refractivity contribution in [2.45, 2.75) is 26.3 Å². The average molecular weight is 283 g/mol. The van der Waals surface area contributed by atoms with E-state index in [9.17, 15) is 0 Å². The SMILES string of the molecule is Cc1ncsc1CCN(C)C[C@@H](C)N1CCOCC1. The van der Waals surface area contributed by atoms with E-state index in [1.807, 2.05) is 5.51 Å². The standard InChI is InChI=1S/C14H25N3OS/c1-12(17-6-8-18-9-7-17)10-16(3)5-4-14-13(2)15-11-19-14/h11-12H,4-10H2,1-3H3/t12-/m1/s1. The Morgan fingerprint density at radius 1 is 1.47 bits per heavy atom. The Labute approximate surface area is 120 Å². The molecule has 4 nitrogen and oxygen atoms in total. The van der Waals surface area contributed by atoms with E-state index in [4.69, 9.17) is 4.74 Å². The average Bonchev–Trinajstić information content (AvgIpc) is 2.83. The molecule has 1 aliphatic rings. The molecule has 5 heteroatoms. The van der Waals surface area contributed by atoms with E-state index < -0.39 is 0 Å². The molecule has 0 N–H and O–H groups in total. The van der Waals surface area contributed by atoms with Crippen molar-refractivity contribution in [1.29, 1.82) is 0 Å². The fraction of sp³-hybridized carbons (Fsp3) is 0.786. The highest BCUT2D eigenvalue weighted by Crippen LogP contribution is 2.13. The first-order valence-electron chi connectivity index (χ1n) is 7.06. The van der Waals surface area contributed by atoms with Gasteiger partial charge >= 0.3 is 0 Å². The van der Waals surface area contributed by atoms with Crippen molar-refractivity contribution in [3.05, 3.63) is 16.1 Å². The van der Waals surface area contributed by atoms with Crippen LogP contribution in [-0.2, 0) is 11.2 Å². The fourth-order valence-corrected chi connectivity index (χ4v) is 3.31. The molecule has 0 amide bonds. The van der Waals surface area contributed by atoms with Gasteiger partial charge in [0.2, 0.25) is 0 Å². The van der Waals surface area contributed by atoms with Crippen LogP contribution in [0.15, 0.2) is 5.51 Å². The molecule has 19 heavy (non-hydrogen) atoms. The third kappa shape index (κ3) is 4.53. The summed E-state index contributed by atoms with van der Waals surface area (Å²) >= 11 is 1.77. The number of rotatable bonds is 6. The second-order valence-corrected chi connectivity index (χ2v) is 6.31. The number of morpholine rings is 1. The van der Waals surface area contributed by atoms with Gasteiger partial charge in [0.1, 0.15) is 0 Å². The molecule has 0 saturated carbocycles. The highest BCUT2D eigenvalue weighted by atomic mass is 32.1. The molecule has 0 radical (unpaired) electrons. The van der Waals surface area contributed by atoms with Crippen LogP contribution in [0.2, 0.25) is 0 Å². The van der Waals surface area contributed by atoms with Crippen LogP contribution in [0.3, 0.4) is 0 Å². The molecule has 0 spiro atoms. The van der Waals surface area contributed by atoms with E-state index in [-0.39, 0.29) is 0 Å². The van der Waals surface area contributed by atoms with Gasteiger partial charge in [-0.2, -0.15) is 0 Å². The number of hydrogen-bond acceptors (Lipinski definition) is 5. The maximum Gasteiger partial charge on any atom is 0.0797 e. The number of thiazole rings is 1. The zero-order valence-electron chi connectivity index (χ0n) is 12.3. The number of hydrogen-bond donors (Lipinski definition) is 0. The molecule has 2 rings (SSSR count). The monoisotopic (exact) mass is 283 g/mol. The van der Waals surface area contributed by atoms with Gasteiger partial charge in [0.25, 0.3) is 0 Å². The van der Waals surface area contributed by atoms with Crippen LogP contribution in [0, 0.1) is 6.92 Å². The second kappa shape index (κ2) is 7.33. The lowest BCUT2D eigenvalue weighted by atomic mass is 10.2. The van der Waals surface area contributed by atoms with Gasteiger partial charge in [-0.3, -0.25) is 4.90 Å². The van der Waals surface area contributed by atoms with Crippen LogP contribution in [0.4, 0.5) is 0 Å². The molecule has 1 aromatic rings. The van der Waals surface area contributed by atoms with E-state index in [0.29, 0.717) is 6.04 Å². The van der Waals surface area contributed by atoms with E-state index in [1.54, 1.807) is 11.3 Å². The van der Waals surface area contributed by atoms with Crippen LogP contribution in [-0.4, -0.2) is 67.3 Å². The van der Waals surface area contributed by atoms with Gasteiger partial charge < -0.3 is 9.64 Å². The minimum atomic E-state index is 0.608. The Morgan fingerprint density at radius 3 is 2.84 bits per heavy atom. The van der Waals surface area contributed by atoms with Crippen LogP contribution < -0.4 is 0 Å². The van der Waals surface area contributed by atoms with E-state index in [0.717, 1.165) is 45.8 Å². The van der Waals surface area contributed by atoms with Crippen LogP contribution >= 0.6 is 11.3 Å². The summed E-state index contributed by atoms with van der Waals surface area (Å²) in [5.41, 5.74) is 3.14. The molecule has 0 aliphatic carbocycles. The first kappa shape index (κ1) is 14.9. The summed E-state index contributed by atoms with van der Waals surface area (Å²) in [5.74, 6) is 0. The fourth-order valence-electron chi connectivity index (χ4n) is 2.53. The molecular formula is C14H25N3OS. The van der Waals surface area contributed by atoms with Gasteiger partial charge in [-0.1, -0.05) is 0 Å². The first-order chi connectivity index (χ1) is 9.16. The molecule has 108 valence electrons. The highest BCUT2D eigenvalue weighted by molar-refractivity contribution is 7.09. The minimum absolute atomic E-state index is 0.608. The number of nitrogens with zero attached hydrogens (tertiary/aromatic N) is 3. The molecule has 1 aliphatic heterocycles. The van der Waals surface area contributed by atoms with Gasteiger partial charge in [0.15, 0.2) is 0 Å². The number of likely N-dealkylation sites (N-methyl/N-ethyl adjacent to an activating group) is 1. The van der Waals surface area contributed by atoms with Crippen LogP contribution in [0.5, 0.6) is 0 Å². The van der Waals surface area contributed by atoms with E-state index >= 15 is 0 Å². The Bertz CT molecular complexity index is 377. The summed E-state index contributed by atoms with van der Waals surface area (Å²) in [4.78, 5) is 10.7. The van der Waals surface area contributed by atoms with Crippen LogP contribution in [0.1, 0.15) is 17.5 Å². The lowest BCUT2D eigenvalue weighted by Crippen LogP contribution is -2.46. The van der Waals surface area contributed by atoms with Crippen molar-refractivity contribution in [3.63, 3.8) is 0 Å². The van der Waals surface area contributed by atoms with E-state index in [1.165, 1.54) is 10.6 Å². The zero-order valence-corrected chi connectivity index (χ0v) is 13.1. The molecular weight excluding hydrogens is 258 g/mol. The van der Waals surface area contributed by atoms with Crippen LogP contribution in [0.25, 0.3) is 0 Å². The Hall–Kier alpha value is -0.490. The van der Waals surface area contributed by atoms with Crippen molar-refractivity contribution >= 4 is 11.3 Å². The normalized spacial score (nSPS) is 18.9. The van der Waals surface area contributed by atoms with Gasteiger partial charge in [0, 0.05) is 37.1 Å². The predicted octanol–water partition coefficient (Wildman–Crippen LogP) is 1.65. The summed E-state index contributed by atoms with van der Waals surface area (Å²) in [7, 11) is 2.22. The number of aromatic nitrogens is 1. The van der Waals surface area contributed by atoms with Crippen molar-refractivity contribution in [2.24, 2.45) is 0 Å². The lowest BCUT2D eigenvalue weighted by molar-refractivity contribution is 0.0142. The lowest BCUT2D eigenvalue weighted by Gasteiger charge is -2.34. The highest BCUT2D eigenvalue weighted by Gasteiger charge is 2.18. The Kier molecular flexibility index (Phi) is 5.76. The molecule has 0 unspecified atom stereocenters. The molecule has 0 aromatic carbocycles. The maximum absolute atomic E-state index is 5.40. The molecule has 1 fully saturated rings. The second-order valence-electron chi connectivity index (χ2n) is 5.37. The van der Waals surface area contributed by atoms with Gasteiger partial charge in [-0.25, -0.2) is 4.98 Å². The van der Waals surface area contributed by atoms with E-state index in [2.05, 4.69) is 35.7 Å². The largest absolute Gasteiger partial charge is 0.379 e. The van der Waals surface area contributed by atoms with Crippen molar-refractivity contribution in [2.75, 3.05) is 46.4 Å². The van der Waals surface area contributed by atoms with Gasteiger partial charge in [-0.15, -0.1) is 11.3 Å². The molecule has 2 heterocycles. The minimum Gasteiger partial charge on any atom is -0.379 e. The zero-order chi connectivity index (χ0) is 13.7. The molecule has 1 aromatic heterocycles. The summed E-state index contributed by atoms with van der Waals surface area (Å²) < 4.78 is 5.40. The van der Waals surface area contributed by atoms with Gasteiger partial charge in [-0.05, 0) is 27.3 Å². The molecule has 1 saturated heterocycles. The quantitative estimate of drug-likeness (QED) is 0.794. The first-order valence-corrected chi connectivity index (χ1v) is 7.94. The van der Waals surface area contributed by atoms with Crippen molar-refractivity contribution < 1.29 is 4.74 Å². The predicted molar refractivity (Wildman–Crippen MR) is 79.9 cm³/mol. The third-order valence-corrected chi connectivity index (χ3v) is 4.81. The summed E-state index contributed by atoms with van der Waals surface area (Å²) in [6.07, 6.45) is 1.11. The summed E-state index contributed by atoms with van der Waals surface area (Å²) in [6.45, 7) is 10.6. The van der Waals surface area contributed by atoms with Gasteiger partial charge in [0.05, 0.1) is 24.4 Å². The number of ether oxygens (including phenoxy) is 1. The molecule has 0 bridgehead atoms. The van der Waals surface area contributed by atoms with Crippen molar-refractivity contribution in [1.82, 2.24) is 14.8 Å². The summed E-state index contributed by atoms with van der Waals surface area (Å²) in [5, 5.41) is 0. The molecule has 1 atom stereocenters. The van der Waals surface area contributed by atoms with Crippen molar-refractivity contribution in [3.8, 4) is 0 Å². The Morgan fingerprint density at radius 2 is 2.21 bits per heavy atom. The topological polar surface area (TPSA) is 28.6 Å². The maximum atomic E-state index is 5.40.